The van der Waals surface area contributed by atoms with Gasteiger partial charge in [0.2, 0.25) is 0 Å². The van der Waals surface area contributed by atoms with Crippen molar-refractivity contribution in [2.45, 2.75) is 32.7 Å². The summed E-state index contributed by atoms with van der Waals surface area (Å²) in [6.07, 6.45) is 2.67. The third-order valence-corrected chi connectivity index (χ3v) is 2.83. The van der Waals surface area contributed by atoms with Crippen molar-refractivity contribution < 1.29 is 0 Å². The van der Waals surface area contributed by atoms with Gasteiger partial charge in [-0.3, -0.25) is 0 Å². The normalized spacial score (nSPS) is 21.7. The Bertz CT molecular complexity index is 135. The zero-order chi connectivity index (χ0) is 9.84. The molecule has 0 unspecified atom stereocenters. The predicted molar refractivity (Wildman–Crippen MR) is 57.7 cm³/mol. The minimum atomic E-state index is 0.813. The fraction of sp³-hybridized carbons (Fsp3) is 0.909. The summed E-state index contributed by atoms with van der Waals surface area (Å²) in [4.78, 5) is 4.93. The summed E-state index contributed by atoms with van der Waals surface area (Å²) in [6.45, 7) is 8.18. The van der Waals surface area contributed by atoms with Crippen molar-refractivity contribution in [3.8, 4) is 0 Å². The van der Waals surface area contributed by atoms with Crippen LogP contribution in [0.2, 0.25) is 0 Å². The van der Waals surface area contributed by atoms with Crippen molar-refractivity contribution in [1.29, 1.82) is 0 Å². The second-order valence-corrected chi connectivity index (χ2v) is 4.68. The van der Waals surface area contributed by atoms with Crippen molar-refractivity contribution in [1.82, 2.24) is 9.80 Å². The van der Waals surface area contributed by atoms with E-state index in [1.165, 1.54) is 38.4 Å². The molecule has 77 valence electrons. The van der Waals surface area contributed by atoms with E-state index in [9.17, 15) is 0 Å². The Kier molecular flexibility index (Phi) is 4.20. The molecule has 0 saturated carbocycles. The average molecular weight is 183 g/mol. The molecule has 0 aromatic heterocycles. The first-order valence-corrected chi connectivity index (χ1v) is 5.27. The monoisotopic (exact) mass is 183 g/mol. The molecule has 1 fully saturated rings. The average Bonchev–Trinajstić information content (AvgIpc) is 2.04. The second kappa shape index (κ2) is 4.97. The van der Waals surface area contributed by atoms with Crippen LogP contribution in [0.15, 0.2) is 0 Å². The molecule has 0 bridgehead atoms. The van der Waals surface area contributed by atoms with Gasteiger partial charge in [0, 0.05) is 12.6 Å². The van der Waals surface area contributed by atoms with Gasteiger partial charge in [0.15, 0.2) is 0 Å². The van der Waals surface area contributed by atoms with Gasteiger partial charge in [0.25, 0.3) is 0 Å². The molecule has 1 saturated heterocycles. The molecule has 2 heteroatoms. The fourth-order valence-corrected chi connectivity index (χ4v) is 2.04. The van der Waals surface area contributed by atoms with Crippen molar-refractivity contribution >= 4 is 0 Å². The fourth-order valence-electron chi connectivity index (χ4n) is 2.04. The van der Waals surface area contributed by atoms with Crippen LogP contribution in [0, 0.1) is 5.92 Å². The molecule has 0 spiro atoms. The molecule has 0 amide bonds. The summed E-state index contributed by atoms with van der Waals surface area (Å²) in [5.41, 5.74) is 0. The molecule has 0 aromatic rings. The highest BCUT2D eigenvalue weighted by Crippen LogP contribution is 2.15. The van der Waals surface area contributed by atoms with Gasteiger partial charge in [-0.2, -0.15) is 0 Å². The number of hydrogen-bond acceptors (Lipinski definition) is 2. The molecule has 13 heavy (non-hydrogen) atoms. The molecule has 1 radical (unpaired) electrons. The van der Waals surface area contributed by atoms with Crippen LogP contribution in [0.3, 0.4) is 0 Å². The van der Waals surface area contributed by atoms with Gasteiger partial charge in [-0.25, -0.2) is 0 Å². The Labute approximate surface area is 82.9 Å². The molecular formula is C11H23N2. The maximum Gasteiger partial charge on any atom is 0.0113 e. The van der Waals surface area contributed by atoms with E-state index in [2.05, 4.69) is 37.7 Å². The lowest BCUT2D eigenvalue weighted by molar-refractivity contribution is 0.149. The first kappa shape index (κ1) is 11.0. The van der Waals surface area contributed by atoms with E-state index < -0.39 is 0 Å². The molecule has 1 aliphatic rings. The minimum Gasteiger partial charge on any atom is -0.306 e. The molecule has 1 rings (SSSR count). The van der Waals surface area contributed by atoms with Crippen molar-refractivity contribution in [3.63, 3.8) is 0 Å². The first-order chi connectivity index (χ1) is 6.09. The lowest BCUT2D eigenvalue weighted by Crippen LogP contribution is -2.42. The lowest BCUT2D eigenvalue weighted by Gasteiger charge is -2.35. The van der Waals surface area contributed by atoms with Gasteiger partial charge in [-0.05, 0) is 45.9 Å². The topological polar surface area (TPSA) is 6.48 Å². The van der Waals surface area contributed by atoms with Crippen LogP contribution in [0.25, 0.3) is 0 Å². The smallest absolute Gasteiger partial charge is 0.0113 e. The van der Waals surface area contributed by atoms with Crippen LogP contribution in [0.1, 0.15) is 26.7 Å². The highest BCUT2D eigenvalue weighted by Gasteiger charge is 2.20. The van der Waals surface area contributed by atoms with E-state index in [0.717, 1.165) is 6.04 Å². The number of likely N-dealkylation sites (tertiary alicyclic amines) is 1. The van der Waals surface area contributed by atoms with Crippen LogP contribution in [0.5, 0.6) is 0 Å². The summed E-state index contributed by atoms with van der Waals surface area (Å²) in [7, 11) is 4.38. The van der Waals surface area contributed by atoms with Crippen LogP contribution >= 0.6 is 0 Å². The Morgan fingerprint density at radius 1 is 1.23 bits per heavy atom. The number of hydrogen-bond donors (Lipinski definition) is 0. The summed E-state index contributed by atoms with van der Waals surface area (Å²) >= 11 is 0. The summed E-state index contributed by atoms with van der Waals surface area (Å²) in [6, 6.07) is 0.813. The van der Waals surface area contributed by atoms with E-state index in [1.807, 2.05) is 0 Å². The van der Waals surface area contributed by atoms with Gasteiger partial charge in [0.1, 0.15) is 0 Å². The maximum absolute atomic E-state index is 2.56. The molecule has 0 atom stereocenters. The SMILES string of the molecule is C[C](C)CN1CCC(N(C)C)CC1. The zero-order valence-corrected chi connectivity index (χ0v) is 9.51. The Hall–Kier alpha value is -0.0800. The molecule has 0 N–H and O–H groups in total. The summed E-state index contributed by atoms with van der Waals surface area (Å²) in [5.74, 6) is 1.53. The van der Waals surface area contributed by atoms with E-state index in [0.29, 0.717) is 0 Å². The van der Waals surface area contributed by atoms with Gasteiger partial charge in [0.05, 0.1) is 0 Å². The van der Waals surface area contributed by atoms with Crippen molar-refractivity contribution in [2.24, 2.45) is 0 Å². The van der Waals surface area contributed by atoms with Crippen LogP contribution in [-0.4, -0.2) is 49.6 Å². The number of piperidine rings is 1. The van der Waals surface area contributed by atoms with Crippen molar-refractivity contribution in [2.75, 3.05) is 33.7 Å². The highest BCUT2D eigenvalue weighted by atomic mass is 15.2. The van der Waals surface area contributed by atoms with Gasteiger partial charge in [-0.1, -0.05) is 13.8 Å². The third kappa shape index (κ3) is 3.65. The maximum atomic E-state index is 2.56. The standard InChI is InChI=1S/C11H23N2/c1-10(2)9-13-7-5-11(6-8-13)12(3)4/h11H,5-9H2,1-4H3. The zero-order valence-electron chi connectivity index (χ0n) is 9.51. The van der Waals surface area contributed by atoms with Gasteiger partial charge in [-0.15, -0.1) is 0 Å². The first-order valence-electron chi connectivity index (χ1n) is 5.27. The van der Waals surface area contributed by atoms with Crippen molar-refractivity contribution in [3.05, 3.63) is 5.92 Å². The summed E-state index contributed by atoms with van der Waals surface area (Å²) < 4.78 is 0. The van der Waals surface area contributed by atoms with Crippen LogP contribution in [-0.2, 0) is 0 Å². The van der Waals surface area contributed by atoms with Gasteiger partial charge >= 0.3 is 0 Å². The Balaban J connectivity index is 2.22. The molecule has 0 aromatic carbocycles. The Morgan fingerprint density at radius 3 is 2.15 bits per heavy atom. The van der Waals surface area contributed by atoms with E-state index in [1.54, 1.807) is 0 Å². The van der Waals surface area contributed by atoms with E-state index >= 15 is 0 Å². The second-order valence-electron chi connectivity index (χ2n) is 4.68. The van der Waals surface area contributed by atoms with E-state index in [-0.39, 0.29) is 0 Å². The third-order valence-electron chi connectivity index (χ3n) is 2.83. The largest absolute Gasteiger partial charge is 0.306 e. The Morgan fingerprint density at radius 2 is 1.77 bits per heavy atom. The molecular weight excluding hydrogens is 160 g/mol. The molecule has 0 aliphatic carbocycles. The van der Waals surface area contributed by atoms with Crippen LogP contribution < -0.4 is 0 Å². The lowest BCUT2D eigenvalue weighted by atomic mass is 10.0. The summed E-state index contributed by atoms with van der Waals surface area (Å²) in [5, 5.41) is 0. The van der Waals surface area contributed by atoms with Gasteiger partial charge < -0.3 is 9.80 Å². The number of rotatable bonds is 3. The molecule has 1 aliphatic heterocycles. The molecule has 1 heterocycles. The number of nitrogens with zero attached hydrogens (tertiary/aromatic N) is 2. The quantitative estimate of drug-likeness (QED) is 0.656. The minimum absolute atomic E-state index is 0.813. The predicted octanol–water partition coefficient (Wildman–Crippen LogP) is 1.63. The molecule has 2 nitrogen and oxygen atoms in total. The van der Waals surface area contributed by atoms with E-state index in [4.69, 9.17) is 0 Å². The highest BCUT2D eigenvalue weighted by molar-refractivity contribution is 4.85. The van der Waals surface area contributed by atoms with Crippen LogP contribution in [0.4, 0.5) is 0 Å².